The van der Waals surface area contributed by atoms with Crippen LogP contribution in [0.1, 0.15) is 54.9 Å². The second-order valence-electron chi connectivity index (χ2n) is 9.65. The number of fused-ring (bicyclic) bond motifs is 1. The van der Waals surface area contributed by atoms with E-state index >= 15 is 0 Å². The number of amides is 2. The van der Waals surface area contributed by atoms with Crippen molar-refractivity contribution in [2.45, 2.75) is 57.5 Å². The Morgan fingerprint density at radius 1 is 1.07 bits per heavy atom. The fourth-order valence-corrected chi connectivity index (χ4v) is 4.91. The van der Waals surface area contributed by atoms with Crippen molar-refractivity contribution in [2.75, 3.05) is 26.7 Å². The number of hydrogen-bond acceptors (Lipinski definition) is 2. The molecule has 30 heavy (non-hydrogen) atoms. The van der Waals surface area contributed by atoms with E-state index in [1.165, 1.54) is 48.2 Å². The minimum absolute atomic E-state index is 0.0426. The van der Waals surface area contributed by atoms with Crippen LogP contribution >= 0.6 is 0 Å². The molecule has 4 rings (SSSR count). The summed E-state index contributed by atoms with van der Waals surface area (Å²) in [6.07, 6.45) is 4.26. The lowest BCUT2D eigenvalue weighted by Crippen LogP contribution is -2.55. The van der Waals surface area contributed by atoms with Crippen molar-refractivity contribution in [1.29, 1.82) is 0 Å². The summed E-state index contributed by atoms with van der Waals surface area (Å²) in [6, 6.07) is 17.4. The van der Waals surface area contributed by atoms with Crippen molar-refractivity contribution in [3.05, 3.63) is 70.8 Å². The quantitative estimate of drug-likeness (QED) is 0.808. The third-order valence-corrected chi connectivity index (χ3v) is 6.88. The number of likely N-dealkylation sites (tertiary alicyclic amines) is 1. The topological polar surface area (TPSA) is 35.6 Å². The number of carbonyl (C=O) groups excluding carboxylic acids is 1. The van der Waals surface area contributed by atoms with Crippen LogP contribution in [0.3, 0.4) is 0 Å². The third kappa shape index (κ3) is 4.70. The van der Waals surface area contributed by atoms with Crippen LogP contribution in [-0.2, 0) is 19.4 Å². The van der Waals surface area contributed by atoms with Crippen LogP contribution in [0.15, 0.2) is 48.5 Å². The molecule has 0 spiro atoms. The molecule has 4 nitrogen and oxygen atoms in total. The molecular formula is C26H35N3O. The molecule has 1 saturated heterocycles. The van der Waals surface area contributed by atoms with E-state index in [2.05, 4.69) is 61.4 Å². The van der Waals surface area contributed by atoms with Gasteiger partial charge in [0.15, 0.2) is 0 Å². The number of nitrogens with one attached hydrogen (secondary N) is 1. The number of piperidine rings is 1. The molecule has 0 radical (unpaired) electrons. The maximum atomic E-state index is 13.0. The van der Waals surface area contributed by atoms with Gasteiger partial charge in [0.2, 0.25) is 0 Å². The number of urea groups is 1. The molecule has 0 atom stereocenters. The lowest BCUT2D eigenvalue weighted by Gasteiger charge is -2.43. The number of hydrogen-bond donors (Lipinski definition) is 1. The summed E-state index contributed by atoms with van der Waals surface area (Å²) in [4.78, 5) is 17.4. The molecule has 0 aromatic heterocycles. The molecule has 2 aliphatic rings. The Hall–Kier alpha value is -2.33. The largest absolute Gasteiger partial charge is 0.338 e. The van der Waals surface area contributed by atoms with Gasteiger partial charge in [0.05, 0.1) is 0 Å². The Morgan fingerprint density at radius 3 is 2.53 bits per heavy atom. The highest BCUT2D eigenvalue weighted by Gasteiger charge is 2.36. The Morgan fingerprint density at radius 2 is 1.80 bits per heavy atom. The predicted molar refractivity (Wildman–Crippen MR) is 123 cm³/mol. The van der Waals surface area contributed by atoms with E-state index in [0.717, 1.165) is 12.8 Å². The maximum absolute atomic E-state index is 13.0. The summed E-state index contributed by atoms with van der Waals surface area (Å²) in [5.41, 5.74) is 5.27. The van der Waals surface area contributed by atoms with Gasteiger partial charge in [-0.2, -0.15) is 0 Å². The summed E-state index contributed by atoms with van der Waals surface area (Å²) in [6.45, 7) is 8.10. The Kier molecular flexibility index (Phi) is 6.14. The average molecular weight is 406 g/mol. The molecule has 0 bridgehead atoms. The van der Waals surface area contributed by atoms with Crippen molar-refractivity contribution in [1.82, 2.24) is 15.1 Å². The summed E-state index contributed by atoms with van der Waals surface area (Å²) in [5.74, 6) is 0.675. The lowest BCUT2D eigenvalue weighted by atomic mass is 9.82. The van der Waals surface area contributed by atoms with Crippen molar-refractivity contribution in [2.24, 2.45) is 0 Å². The Balaban J connectivity index is 1.41. The molecular weight excluding hydrogens is 370 g/mol. The van der Waals surface area contributed by atoms with Gasteiger partial charge in [-0.15, -0.1) is 0 Å². The van der Waals surface area contributed by atoms with Crippen molar-refractivity contribution in [3.8, 4) is 0 Å². The van der Waals surface area contributed by atoms with E-state index < -0.39 is 0 Å². The number of benzene rings is 2. The second-order valence-corrected chi connectivity index (χ2v) is 9.65. The van der Waals surface area contributed by atoms with E-state index in [-0.39, 0.29) is 11.6 Å². The number of nitrogens with zero attached hydrogens (tertiary/aromatic N) is 2. The van der Waals surface area contributed by atoms with Gasteiger partial charge >= 0.3 is 6.03 Å². The second kappa shape index (κ2) is 8.81. The highest BCUT2D eigenvalue weighted by atomic mass is 16.2. The van der Waals surface area contributed by atoms with E-state index in [9.17, 15) is 4.79 Å². The van der Waals surface area contributed by atoms with Crippen molar-refractivity contribution < 1.29 is 4.79 Å². The molecule has 2 amide bonds. The zero-order chi connectivity index (χ0) is 21.1. The van der Waals surface area contributed by atoms with Gasteiger partial charge in [-0.1, -0.05) is 48.5 Å². The number of carbonyl (C=O) groups is 1. The SMILES string of the molecule is CN1CCC(c2ccc3c(c2)CC(C)(C)N(C(=O)NCCc2ccccc2)C3)CC1. The van der Waals surface area contributed by atoms with Gasteiger partial charge in [-0.3, -0.25) is 0 Å². The first kappa shape index (κ1) is 20.9. The highest BCUT2D eigenvalue weighted by molar-refractivity contribution is 5.75. The van der Waals surface area contributed by atoms with Crippen LogP contribution < -0.4 is 5.32 Å². The van der Waals surface area contributed by atoms with E-state index in [1.807, 2.05) is 23.1 Å². The average Bonchev–Trinajstić information content (AvgIpc) is 2.73. The van der Waals surface area contributed by atoms with Gasteiger partial charge in [-0.25, -0.2) is 4.79 Å². The first-order valence-electron chi connectivity index (χ1n) is 11.3. The van der Waals surface area contributed by atoms with E-state index in [4.69, 9.17) is 0 Å². The van der Waals surface area contributed by atoms with Crippen LogP contribution in [0.25, 0.3) is 0 Å². The first-order chi connectivity index (χ1) is 14.4. The van der Waals surface area contributed by atoms with Gasteiger partial charge < -0.3 is 15.1 Å². The molecule has 1 fully saturated rings. The monoisotopic (exact) mass is 405 g/mol. The smallest absolute Gasteiger partial charge is 0.318 e. The van der Waals surface area contributed by atoms with Gasteiger partial charge in [-0.05, 0) is 87.8 Å². The first-order valence-corrected chi connectivity index (χ1v) is 11.3. The summed E-state index contributed by atoms with van der Waals surface area (Å²) in [5, 5.41) is 3.14. The van der Waals surface area contributed by atoms with E-state index in [1.54, 1.807) is 0 Å². The minimum Gasteiger partial charge on any atom is -0.338 e. The normalized spacial score (nSPS) is 19.4. The van der Waals surface area contributed by atoms with Crippen LogP contribution in [0.5, 0.6) is 0 Å². The molecule has 0 unspecified atom stereocenters. The van der Waals surface area contributed by atoms with Gasteiger partial charge in [0.1, 0.15) is 0 Å². The zero-order valence-electron chi connectivity index (χ0n) is 18.7. The molecule has 2 aromatic carbocycles. The highest BCUT2D eigenvalue weighted by Crippen LogP contribution is 2.35. The van der Waals surface area contributed by atoms with Gasteiger partial charge in [0.25, 0.3) is 0 Å². The molecule has 0 aliphatic carbocycles. The molecule has 160 valence electrons. The van der Waals surface area contributed by atoms with Crippen LogP contribution in [0.4, 0.5) is 4.79 Å². The van der Waals surface area contributed by atoms with Crippen LogP contribution in [-0.4, -0.2) is 48.1 Å². The minimum atomic E-state index is -0.185. The fraction of sp³-hybridized carbons (Fsp3) is 0.500. The summed E-state index contributed by atoms with van der Waals surface area (Å²) < 4.78 is 0. The van der Waals surface area contributed by atoms with Crippen molar-refractivity contribution >= 4 is 6.03 Å². The molecule has 1 N–H and O–H groups in total. The Labute approximate surface area is 181 Å². The standard InChI is InChI=1S/C26H35N3O/c1-26(2)18-24-17-22(21-12-15-28(3)16-13-21)9-10-23(24)19-29(26)25(30)27-14-11-20-7-5-4-6-8-20/h4-10,17,21H,11-16,18-19H2,1-3H3,(H,27,30). The van der Waals surface area contributed by atoms with Crippen LogP contribution in [0.2, 0.25) is 0 Å². The molecule has 0 saturated carbocycles. The fourth-order valence-electron chi connectivity index (χ4n) is 4.91. The summed E-state index contributed by atoms with van der Waals surface area (Å²) >= 11 is 0. The molecule has 2 heterocycles. The summed E-state index contributed by atoms with van der Waals surface area (Å²) in [7, 11) is 2.21. The van der Waals surface area contributed by atoms with E-state index in [0.29, 0.717) is 19.0 Å². The third-order valence-electron chi connectivity index (χ3n) is 6.88. The predicted octanol–water partition coefficient (Wildman–Crippen LogP) is 4.58. The van der Waals surface area contributed by atoms with Crippen LogP contribution in [0, 0.1) is 0 Å². The zero-order valence-corrected chi connectivity index (χ0v) is 18.7. The lowest BCUT2D eigenvalue weighted by molar-refractivity contribution is 0.119. The maximum Gasteiger partial charge on any atom is 0.318 e. The molecule has 4 heteroatoms. The van der Waals surface area contributed by atoms with Gasteiger partial charge in [0, 0.05) is 18.6 Å². The van der Waals surface area contributed by atoms with Crippen molar-refractivity contribution in [3.63, 3.8) is 0 Å². The molecule has 2 aromatic rings. The Bertz CT molecular complexity index is 869. The molecule has 2 aliphatic heterocycles. The number of rotatable bonds is 4.